The van der Waals surface area contributed by atoms with Gasteiger partial charge in [-0.1, -0.05) is 41.9 Å². The molecule has 1 heterocycles. The van der Waals surface area contributed by atoms with Crippen LogP contribution < -0.4 is 10.6 Å². The fourth-order valence-corrected chi connectivity index (χ4v) is 2.70. The maximum absolute atomic E-state index is 12.3. The third-order valence-corrected chi connectivity index (χ3v) is 4.06. The van der Waals surface area contributed by atoms with Gasteiger partial charge in [0, 0.05) is 5.70 Å². The van der Waals surface area contributed by atoms with Gasteiger partial charge in [-0.15, -0.1) is 0 Å². The summed E-state index contributed by atoms with van der Waals surface area (Å²) < 4.78 is 5.14. The molecule has 0 fully saturated rings. The fourth-order valence-electron chi connectivity index (χ4n) is 2.12. The molecule has 1 aliphatic heterocycles. The van der Waals surface area contributed by atoms with E-state index in [0.717, 1.165) is 5.56 Å². The number of nitrogens with one attached hydrogen (secondary N) is 2. The molecule has 1 unspecified atom stereocenters. The maximum Gasteiger partial charge on any atom is 0.338 e. The monoisotopic (exact) mass is 356 g/mol. The van der Waals surface area contributed by atoms with Crippen LogP contribution in [0, 0.1) is 0 Å². The molecule has 0 amide bonds. The van der Waals surface area contributed by atoms with Gasteiger partial charge in [0.25, 0.3) is 0 Å². The third kappa shape index (κ3) is 3.61. The Morgan fingerprint density at radius 1 is 1.45 bits per heavy atom. The van der Waals surface area contributed by atoms with Crippen LogP contribution >= 0.6 is 35.4 Å². The van der Waals surface area contributed by atoms with Crippen molar-refractivity contribution in [3.05, 3.63) is 57.7 Å². The number of ether oxygens (including phenoxy) is 1. The lowest BCUT2D eigenvalue weighted by Crippen LogP contribution is -2.45. The Bertz CT molecular complexity index is 674. The highest BCUT2D eigenvalue weighted by atomic mass is 35.5. The molecule has 2 N–H and O–H groups in total. The SMILES string of the molecule is C=CCOC(=O)C1=C(C)NC(=S)NC1c1ccc(Cl)c(Cl)c1. The Morgan fingerprint density at radius 2 is 2.18 bits per heavy atom. The summed E-state index contributed by atoms with van der Waals surface area (Å²) in [4.78, 5) is 12.3. The topological polar surface area (TPSA) is 50.4 Å². The minimum atomic E-state index is -0.458. The van der Waals surface area contributed by atoms with Crippen LogP contribution in [-0.2, 0) is 9.53 Å². The van der Waals surface area contributed by atoms with Crippen molar-refractivity contribution in [3.63, 3.8) is 0 Å². The first-order chi connectivity index (χ1) is 10.4. The van der Waals surface area contributed by atoms with Crippen LogP contribution in [0.2, 0.25) is 10.0 Å². The summed E-state index contributed by atoms with van der Waals surface area (Å²) in [5.41, 5.74) is 1.84. The molecule has 116 valence electrons. The highest BCUT2D eigenvalue weighted by Gasteiger charge is 2.31. The molecule has 0 bridgehead atoms. The van der Waals surface area contributed by atoms with Crippen molar-refractivity contribution in [1.82, 2.24) is 10.6 Å². The fraction of sp³-hybridized carbons (Fsp3) is 0.200. The van der Waals surface area contributed by atoms with Crippen molar-refractivity contribution in [2.24, 2.45) is 0 Å². The number of hydrogen-bond donors (Lipinski definition) is 2. The molecule has 22 heavy (non-hydrogen) atoms. The van der Waals surface area contributed by atoms with E-state index in [1.165, 1.54) is 6.08 Å². The molecule has 0 spiro atoms. The van der Waals surface area contributed by atoms with Crippen LogP contribution in [0.15, 0.2) is 42.1 Å². The average molecular weight is 357 g/mol. The molecule has 1 aromatic carbocycles. The van der Waals surface area contributed by atoms with E-state index in [-0.39, 0.29) is 6.61 Å². The Morgan fingerprint density at radius 3 is 2.82 bits per heavy atom. The standard InChI is InChI=1S/C15H14Cl2N2O2S/c1-3-6-21-14(20)12-8(2)18-15(22)19-13(12)9-4-5-10(16)11(17)7-9/h3-5,7,13H,1,6H2,2H3,(H2,18,19,22). The summed E-state index contributed by atoms with van der Waals surface area (Å²) in [5, 5.41) is 7.25. The second-order valence-corrected chi connectivity index (χ2v) is 5.85. The Kier molecular flexibility index (Phi) is 5.45. The van der Waals surface area contributed by atoms with E-state index in [9.17, 15) is 4.79 Å². The van der Waals surface area contributed by atoms with Crippen molar-refractivity contribution >= 4 is 46.5 Å². The number of thiocarbonyl (C=S) groups is 1. The van der Waals surface area contributed by atoms with E-state index in [2.05, 4.69) is 17.2 Å². The van der Waals surface area contributed by atoms with Crippen molar-refractivity contribution in [3.8, 4) is 0 Å². The zero-order chi connectivity index (χ0) is 16.3. The van der Waals surface area contributed by atoms with Crippen LogP contribution in [-0.4, -0.2) is 17.7 Å². The van der Waals surface area contributed by atoms with E-state index in [4.69, 9.17) is 40.2 Å². The summed E-state index contributed by atoms with van der Waals surface area (Å²) >= 11 is 17.2. The van der Waals surface area contributed by atoms with Crippen LogP contribution in [0.3, 0.4) is 0 Å². The second kappa shape index (κ2) is 7.13. The molecule has 0 saturated carbocycles. The first kappa shape index (κ1) is 16.8. The Labute approximate surface area is 144 Å². The minimum absolute atomic E-state index is 0.133. The normalized spacial score (nSPS) is 17.6. The molecule has 0 aromatic heterocycles. The lowest BCUT2D eigenvalue weighted by molar-refractivity contribution is -0.138. The van der Waals surface area contributed by atoms with Crippen LogP contribution in [0.4, 0.5) is 0 Å². The first-order valence-corrected chi connectivity index (χ1v) is 7.61. The number of allylic oxidation sites excluding steroid dienone is 1. The molecule has 1 aromatic rings. The van der Waals surface area contributed by atoms with Crippen LogP contribution in [0.5, 0.6) is 0 Å². The summed E-state index contributed by atoms with van der Waals surface area (Å²) in [6, 6.07) is 4.70. The number of carbonyl (C=O) groups excluding carboxylic acids is 1. The third-order valence-electron chi connectivity index (χ3n) is 3.10. The predicted octanol–water partition coefficient (Wildman–Crippen LogP) is 3.52. The van der Waals surface area contributed by atoms with Gasteiger partial charge in [-0.3, -0.25) is 0 Å². The van der Waals surface area contributed by atoms with E-state index in [1.54, 1.807) is 25.1 Å². The van der Waals surface area contributed by atoms with Gasteiger partial charge in [0.05, 0.1) is 21.7 Å². The number of benzene rings is 1. The van der Waals surface area contributed by atoms with Gasteiger partial charge in [-0.05, 0) is 36.8 Å². The van der Waals surface area contributed by atoms with E-state index in [1.807, 2.05) is 0 Å². The molecule has 0 radical (unpaired) electrons. The molecular weight excluding hydrogens is 343 g/mol. The highest BCUT2D eigenvalue weighted by Crippen LogP contribution is 2.31. The van der Waals surface area contributed by atoms with E-state index in [0.29, 0.717) is 26.4 Å². The first-order valence-electron chi connectivity index (χ1n) is 6.45. The largest absolute Gasteiger partial charge is 0.458 e. The van der Waals surface area contributed by atoms with Crippen molar-refractivity contribution in [2.45, 2.75) is 13.0 Å². The number of rotatable bonds is 4. The lowest BCUT2D eigenvalue weighted by Gasteiger charge is -2.30. The van der Waals surface area contributed by atoms with Crippen molar-refractivity contribution in [2.75, 3.05) is 6.61 Å². The molecule has 4 nitrogen and oxygen atoms in total. The predicted molar refractivity (Wildman–Crippen MR) is 91.9 cm³/mol. The average Bonchev–Trinajstić information content (AvgIpc) is 2.46. The molecule has 0 aliphatic carbocycles. The zero-order valence-electron chi connectivity index (χ0n) is 11.8. The Balaban J connectivity index is 2.42. The molecule has 2 rings (SSSR count). The minimum Gasteiger partial charge on any atom is -0.458 e. The summed E-state index contributed by atoms with van der Waals surface area (Å²) in [6.45, 7) is 5.43. The molecule has 0 saturated heterocycles. The van der Waals surface area contributed by atoms with Crippen LogP contribution in [0.25, 0.3) is 0 Å². The number of carbonyl (C=O) groups is 1. The van der Waals surface area contributed by atoms with Crippen molar-refractivity contribution in [1.29, 1.82) is 0 Å². The number of halogens is 2. The molecule has 1 atom stereocenters. The van der Waals surface area contributed by atoms with Gasteiger partial charge >= 0.3 is 5.97 Å². The van der Waals surface area contributed by atoms with Crippen LogP contribution in [0.1, 0.15) is 18.5 Å². The van der Waals surface area contributed by atoms with E-state index >= 15 is 0 Å². The molecule has 7 heteroatoms. The lowest BCUT2D eigenvalue weighted by atomic mass is 9.96. The highest BCUT2D eigenvalue weighted by molar-refractivity contribution is 7.80. The van der Waals surface area contributed by atoms with Crippen molar-refractivity contribution < 1.29 is 9.53 Å². The van der Waals surface area contributed by atoms with Gasteiger partial charge in [0.15, 0.2) is 5.11 Å². The van der Waals surface area contributed by atoms with Gasteiger partial charge in [0.1, 0.15) is 6.61 Å². The number of hydrogen-bond acceptors (Lipinski definition) is 3. The van der Waals surface area contributed by atoms with Gasteiger partial charge in [-0.25, -0.2) is 4.79 Å². The smallest absolute Gasteiger partial charge is 0.338 e. The second-order valence-electron chi connectivity index (χ2n) is 4.63. The maximum atomic E-state index is 12.3. The summed E-state index contributed by atoms with van der Waals surface area (Å²) in [7, 11) is 0. The van der Waals surface area contributed by atoms with Gasteiger partial charge in [0.2, 0.25) is 0 Å². The Hall–Kier alpha value is -1.56. The number of esters is 1. The van der Waals surface area contributed by atoms with Gasteiger partial charge < -0.3 is 15.4 Å². The summed E-state index contributed by atoms with van der Waals surface area (Å²) in [5.74, 6) is -0.448. The van der Waals surface area contributed by atoms with E-state index < -0.39 is 12.0 Å². The quantitative estimate of drug-likeness (QED) is 0.491. The molecular formula is C15H14Cl2N2O2S. The zero-order valence-corrected chi connectivity index (χ0v) is 14.1. The summed E-state index contributed by atoms with van der Waals surface area (Å²) in [6.07, 6.45) is 1.51. The van der Waals surface area contributed by atoms with Gasteiger partial charge in [-0.2, -0.15) is 0 Å². The molecule has 1 aliphatic rings.